The van der Waals surface area contributed by atoms with E-state index in [0.29, 0.717) is 6.04 Å². The molecule has 0 bridgehead atoms. The molecule has 0 amide bonds. The molecule has 0 spiro atoms. The molecule has 2 heterocycles. The lowest BCUT2D eigenvalue weighted by molar-refractivity contribution is 0.264. The highest BCUT2D eigenvalue weighted by atomic mass is 32.1. The fraction of sp³-hybridized carbons (Fsp3) is 0.417. The Kier molecular flexibility index (Phi) is 2.79. The third kappa shape index (κ3) is 2.05. The van der Waals surface area contributed by atoms with E-state index in [4.69, 9.17) is 5.73 Å². The zero-order chi connectivity index (χ0) is 11.0. The van der Waals surface area contributed by atoms with Gasteiger partial charge in [-0.3, -0.25) is 0 Å². The van der Waals surface area contributed by atoms with Crippen LogP contribution in [-0.2, 0) is 6.42 Å². The van der Waals surface area contributed by atoms with Gasteiger partial charge in [-0.25, -0.2) is 4.98 Å². The van der Waals surface area contributed by atoms with Gasteiger partial charge in [0.1, 0.15) is 0 Å². The molecule has 0 saturated heterocycles. The summed E-state index contributed by atoms with van der Waals surface area (Å²) in [4.78, 5) is 5.96. The lowest BCUT2D eigenvalue weighted by Crippen LogP contribution is -2.37. The molecule has 3 rings (SSSR count). The van der Waals surface area contributed by atoms with Crippen LogP contribution in [-0.4, -0.2) is 11.0 Å². The Morgan fingerprint density at radius 2 is 2.25 bits per heavy atom. The van der Waals surface area contributed by atoms with Gasteiger partial charge in [0.05, 0.1) is 15.6 Å². The van der Waals surface area contributed by atoms with Gasteiger partial charge in [-0.15, -0.1) is 22.7 Å². The zero-order valence-corrected chi connectivity index (χ0v) is 10.6. The van der Waals surface area contributed by atoms with Crippen LogP contribution < -0.4 is 5.73 Å². The van der Waals surface area contributed by atoms with Crippen molar-refractivity contribution >= 4 is 22.7 Å². The Bertz CT molecular complexity index is 455. The van der Waals surface area contributed by atoms with Gasteiger partial charge < -0.3 is 5.73 Å². The molecule has 1 aliphatic rings. The van der Waals surface area contributed by atoms with Crippen LogP contribution in [0.25, 0.3) is 10.6 Å². The molecule has 0 atom stereocenters. The Hall–Kier alpha value is -0.710. The van der Waals surface area contributed by atoms with E-state index in [1.807, 2.05) is 0 Å². The van der Waals surface area contributed by atoms with E-state index in [0.717, 1.165) is 18.0 Å². The van der Waals surface area contributed by atoms with Crippen molar-refractivity contribution in [2.45, 2.75) is 25.3 Å². The van der Waals surface area contributed by atoms with Crippen molar-refractivity contribution in [1.29, 1.82) is 0 Å². The molecule has 2 N–H and O–H groups in total. The van der Waals surface area contributed by atoms with Crippen LogP contribution in [0, 0.1) is 5.92 Å². The summed E-state index contributed by atoms with van der Waals surface area (Å²) < 4.78 is 0. The van der Waals surface area contributed by atoms with E-state index in [9.17, 15) is 0 Å². The Balaban J connectivity index is 1.69. The Morgan fingerprint density at radius 1 is 1.38 bits per heavy atom. The van der Waals surface area contributed by atoms with Gasteiger partial charge in [-0.1, -0.05) is 6.07 Å². The summed E-state index contributed by atoms with van der Waals surface area (Å²) in [5, 5.41) is 5.53. The molecule has 0 aromatic carbocycles. The van der Waals surface area contributed by atoms with Crippen molar-refractivity contribution in [3.8, 4) is 10.6 Å². The maximum Gasteiger partial charge on any atom is 0.0935 e. The summed E-state index contributed by atoms with van der Waals surface area (Å²) in [6.45, 7) is 0. The topological polar surface area (TPSA) is 38.9 Å². The van der Waals surface area contributed by atoms with Crippen LogP contribution >= 0.6 is 22.7 Å². The highest BCUT2D eigenvalue weighted by Crippen LogP contribution is 2.32. The lowest BCUT2D eigenvalue weighted by atomic mass is 9.79. The van der Waals surface area contributed by atoms with Crippen LogP contribution in [0.2, 0.25) is 0 Å². The molecule has 2 aromatic rings. The number of hydrogen-bond donors (Lipinski definition) is 1. The molecule has 0 aliphatic heterocycles. The van der Waals surface area contributed by atoms with E-state index in [1.54, 1.807) is 22.7 Å². The summed E-state index contributed by atoms with van der Waals surface area (Å²) in [6.07, 6.45) is 3.46. The van der Waals surface area contributed by atoms with Crippen molar-refractivity contribution in [2.24, 2.45) is 11.7 Å². The van der Waals surface area contributed by atoms with Gasteiger partial charge in [0, 0.05) is 17.8 Å². The summed E-state index contributed by atoms with van der Waals surface area (Å²) in [5.41, 5.74) is 6.93. The minimum absolute atomic E-state index is 0.446. The standard InChI is InChI=1S/C12H14N2S2/c13-9-4-8(5-9)6-12-14-10(7-16-12)11-2-1-3-15-11/h1-3,7-9H,4-6,13H2. The van der Waals surface area contributed by atoms with Crippen molar-refractivity contribution in [3.63, 3.8) is 0 Å². The van der Waals surface area contributed by atoms with Gasteiger partial charge in [0.2, 0.25) is 0 Å². The van der Waals surface area contributed by atoms with E-state index in [1.165, 1.54) is 22.7 Å². The zero-order valence-electron chi connectivity index (χ0n) is 8.93. The predicted octanol–water partition coefficient (Wildman–Crippen LogP) is 3.15. The van der Waals surface area contributed by atoms with Crippen molar-refractivity contribution in [1.82, 2.24) is 4.98 Å². The molecule has 84 valence electrons. The molecule has 2 nitrogen and oxygen atoms in total. The number of nitrogens with two attached hydrogens (primary N) is 1. The molecule has 16 heavy (non-hydrogen) atoms. The number of nitrogens with zero attached hydrogens (tertiary/aromatic N) is 1. The first-order valence-electron chi connectivity index (χ1n) is 5.55. The van der Waals surface area contributed by atoms with Crippen LogP contribution in [0.1, 0.15) is 17.8 Å². The number of hydrogen-bond acceptors (Lipinski definition) is 4. The number of thiophene rings is 1. The molecule has 1 saturated carbocycles. The van der Waals surface area contributed by atoms with Crippen LogP contribution in [0.15, 0.2) is 22.9 Å². The van der Waals surface area contributed by atoms with Crippen molar-refractivity contribution in [3.05, 3.63) is 27.9 Å². The third-order valence-electron chi connectivity index (χ3n) is 3.06. The number of rotatable bonds is 3. The summed E-state index contributed by atoms with van der Waals surface area (Å²) >= 11 is 3.53. The van der Waals surface area contributed by atoms with E-state index >= 15 is 0 Å². The highest BCUT2D eigenvalue weighted by molar-refractivity contribution is 7.14. The monoisotopic (exact) mass is 250 g/mol. The second kappa shape index (κ2) is 4.28. The summed E-state index contributed by atoms with van der Waals surface area (Å²) in [6, 6.07) is 4.65. The Morgan fingerprint density at radius 3 is 2.94 bits per heavy atom. The molecule has 1 fully saturated rings. The predicted molar refractivity (Wildman–Crippen MR) is 69.8 cm³/mol. The first-order valence-corrected chi connectivity index (χ1v) is 7.31. The molecule has 4 heteroatoms. The van der Waals surface area contributed by atoms with Gasteiger partial charge in [0.15, 0.2) is 0 Å². The average Bonchev–Trinajstić information content (AvgIpc) is 2.84. The van der Waals surface area contributed by atoms with E-state index in [-0.39, 0.29) is 0 Å². The first kappa shape index (κ1) is 10.4. The average molecular weight is 250 g/mol. The van der Waals surface area contributed by atoms with Gasteiger partial charge >= 0.3 is 0 Å². The van der Waals surface area contributed by atoms with Gasteiger partial charge in [-0.2, -0.15) is 0 Å². The molecular weight excluding hydrogens is 236 g/mol. The smallest absolute Gasteiger partial charge is 0.0935 e. The van der Waals surface area contributed by atoms with Gasteiger partial charge in [-0.05, 0) is 30.2 Å². The number of aromatic nitrogens is 1. The summed E-state index contributed by atoms with van der Waals surface area (Å²) in [5.74, 6) is 0.775. The number of thiazole rings is 1. The van der Waals surface area contributed by atoms with Crippen molar-refractivity contribution in [2.75, 3.05) is 0 Å². The molecule has 2 aromatic heterocycles. The fourth-order valence-corrected chi connectivity index (χ4v) is 3.81. The minimum atomic E-state index is 0.446. The van der Waals surface area contributed by atoms with Crippen LogP contribution in [0.3, 0.4) is 0 Å². The Labute approximate surface area is 103 Å². The molecular formula is C12H14N2S2. The van der Waals surface area contributed by atoms with E-state index in [2.05, 4.69) is 27.9 Å². The largest absolute Gasteiger partial charge is 0.328 e. The van der Waals surface area contributed by atoms with Crippen LogP contribution in [0.5, 0.6) is 0 Å². The lowest BCUT2D eigenvalue weighted by Gasteiger charge is -2.31. The molecule has 0 radical (unpaired) electrons. The highest BCUT2D eigenvalue weighted by Gasteiger charge is 2.26. The second-order valence-electron chi connectivity index (χ2n) is 4.41. The SMILES string of the molecule is NC1CC(Cc2nc(-c3cccs3)cs2)C1. The third-order valence-corrected chi connectivity index (χ3v) is 4.82. The summed E-state index contributed by atoms with van der Waals surface area (Å²) in [7, 11) is 0. The van der Waals surface area contributed by atoms with Gasteiger partial charge in [0.25, 0.3) is 0 Å². The minimum Gasteiger partial charge on any atom is -0.328 e. The first-order chi connectivity index (χ1) is 7.81. The fourth-order valence-electron chi connectivity index (χ4n) is 2.14. The molecule has 1 aliphatic carbocycles. The second-order valence-corrected chi connectivity index (χ2v) is 6.30. The normalized spacial score (nSPS) is 24.3. The maximum absolute atomic E-state index is 5.79. The quantitative estimate of drug-likeness (QED) is 0.909. The van der Waals surface area contributed by atoms with Crippen molar-refractivity contribution < 1.29 is 0 Å². The van der Waals surface area contributed by atoms with E-state index < -0.39 is 0 Å². The van der Waals surface area contributed by atoms with Crippen LogP contribution in [0.4, 0.5) is 0 Å². The molecule has 0 unspecified atom stereocenters. The maximum atomic E-state index is 5.79.